The van der Waals surface area contributed by atoms with Gasteiger partial charge in [0.25, 0.3) is 5.91 Å². The van der Waals surface area contributed by atoms with E-state index in [0.717, 1.165) is 50.2 Å². The van der Waals surface area contributed by atoms with Gasteiger partial charge < -0.3 is 24.6 Å². The molecule has 37 heavy (non-hydrogen) atoms. The molecule has 0 spiro atoms. The SMILES string of the molecule is CCCCN1CCC(CN(C(=O)OC(C)(C)C)C(=O)c2cc(I)c(N(C(=O)O)C(=O)O)nc2OC)CC1. The van der Waals surface area contributed by atoms with E-state index in [1.54, 1.807) is 43.4 Å². The van der Waals surface area contributed by atoms with Gasteiger partial charge in [-0.25, -0.2) is 19.3 Å². The number of aromatic nitrogens is 1. The summed E-state index contributed by atoms with van der Waals surface area (Å²) in [6.07, 6.45) is -0.479. The molecule has 2 N–H and O–H groups in total. The van der Waals surface area contributed by atoms with E-state index >= 15 is 0 Å². The second kappa shape index (κ2) is 13.2. The smallest absolute Gasteiger partial charge is 0.422 e. The second-order valence-electron chi connectivity index (χ2n) is 9.79. The van der Waals surface area contributed by atoms with Crippen LogP contribution in [0.5, 0.6) is 5.88 Å². The molecule has 4 amide bonds. The zero-order chi connectivity index (χ0) is 27.9. The Labute approximate surface area is 230 Å². The fourth-order valence-corrected chi connectivity index (χ4v) is 4.60. The highest BCUT2D eigenvalue weighted by atomic mass is 127. The minimum Gasteiger partial charge on any atom is -0.480 e. The Hall–Kier alpha value is -2.68. The van der Waals surface area contributed by atoms with Crippen LogP contribution in [0, 0.1) is 9.49 Å². The number of methoxy groups -OCH3 is 1. The molecular formula is C24H35IN4O8. The van der Waals surface area contributed by atoms with Gasteiger partial charge in [0.2, 0.25) is 5.88 Å². The number of carboxylic acid groups (broad SMARTS) is 2. The second-order valence-corrected chi connectivity index (χ2v) is 10.9. The quantitative estimate of drug-likeness (QED) is 0.384. The first-order valence-corrected chi connectivity index (χ1v) is 13.1. The molecule has 0 saturated carbocycles. The lowest BCUT2D eigenvalue weighted by atomic mass is 9.95. The molecule has 0 aromatic carbocycles. The summed E-state index contributed by atoms with van der Waals surface area (Å²) in [5.41, 5.74) is -0.957. The highest BCUT2D eigenvalue weighted by molar-refractivity contribution is 14.1. The molecule has 1 saturated heterocycles. The Morgan fingerprint density at radius 3 is 2.24 bits per heavy atom. The molecule has 0 atom stereocenters. The maximum atomic E-state index is 13.7. The van der Waals surface area contributed by atoms with E-state index in [2.05, 4.69) is 16.8 Å². The number of likely N-dealkylation sites (tertiary alicyclic amines) is 1. The van der Waals surface area contributed by atoms with Crippen LogP contribution in [0.15, 0.2) is 6.07 Å². The maximum Gasteiger partial charge on any atom is 0.422 e. The average molecular weight is 634 g/mol. The van der Waals surface area contributed by atoms with Crippen LogP contribution in [0.4, 0.5) is 20.2 Å². The zero-order valence-electron chi connectivity index (χ0n) is 21.8. The number of nitrogens with zero attached hydrogens (tertiary/aromatic N) is 4. The summed E-state index contributed by atoms with van der Waals surface area (Å²) < 4.78 is 10.8. The Bertz CT molecular complexity index is 991. The lowest BCUT2D eigenvalue weighted by Crippen LogP contribution is -2.46. The lowest BCUT2D eigenvalue weighted by Gasteiger charge is -2.35. The molecule has 206 valence electrons. The average Bonchev–Trinajstić information content (AvgIpc) is 2.80. The topological polar surface area (TPSA) is 150 Å². The van der Waals surface area contributed by atoms with Gasteiger partial charge in [-0.2, -0.15) is 9.88 Å². The third kappa shape index (κ3) is 8.42. The van der Waals surface area contributed by atoms with Crippen molar-refractivity contribution in [1.29, 1.82) is 0 Å². The van der Waals surface area contributed by atoms with Crippen molar-refractivity contribution in [3.05, 3.63) is 15.2 Å². The molecule has 1 aliphatic heterocycles. The monoisotopic (exact) mass is 634 g/mol. The highest BCUT2D eigenvalue weighted by Gasteiger charge is 2.35. The minimum atomic E-state index is -1.76. The summed E-state index contributed by atoms with van der Waals surface area (Å²) in [6, 6.07) is 1.26. The first-order valence-electron chi connectivity index (χ1n) is 12.1. The zero-order valence-corrected chi connectivity index (χ0v) is 24.0. The Balaban J connectivity index is 2.39. The van der Waals surface area contributed by atoms with Gasteiger partial charge in [-0.05, 0) is 94.2 Å². The van der Waals surface area contributed by atoms with Gasteiger partial charge in [-0.1, -0.05) is 13.3 Å². The molecule has 1 aliphatic rings. The molecule has 0 radical (unpaired) electrons. The predicted molar refractivity (Wildman–Crippen MR) is 143 cm³/mol. The van der Waals surface area contributed by atoms with Gasteiger partial charge in [0.05, 0.1) is 10.7 Å². The molecule has 1 fully saturated rings. The van der Waals surface area contributed by atoms with Gasteiger partial charge in [0.15, 0.2) is 5.82 Å². The van der Waals surface area contributed by atoms with Crippen molar-refractivity contribution < 1.29 is 38.9 Å². The van der Waals surface area contributed by atoms with Gasteiger partial charge in [0.1, 0.15) is 11.2 Å². The van der Waals surface area contributed by atoms with Crippen LogP contribution < -0.4 is 9.64 Å². The van der Waals surface area contributed by atoms with Crippen LogP contribution in [-0.4, -0.2) is 88.1 Å². The Morgan fingerprint density at radius 1 is 1.16 bits per heavy atom. The van der Waals surface area contributed by atoms with Gasteiger partial charge in [0, 0.05) is 6.54 Å². The fourth-order valence-electron chi connectivity index (χ4n) is 3.93. The number of pyridine rings is 1. The summed E-state index contributed by atoms with van der Waals surface area (Å²) in [4.78, 5) is 57.2. The maximum absolute atomic E-state index is 13.7. The van der Waals surface area contributed by atoms with E-state index in [1.807, 2.05) is 0 Å². The molecule has 12 nitrogen and oxygen atoms in total. The summed E-state index contributed by atoms with van der Waals surface area (Å²) in [7, 11) is 1.21. The first-order chi connectivity index (χ1) is 17.3. The summed E-state index contributed by atoms with van der Waals surface area (Å²) in [6.45, 7) is 10.2. The standard InChI is InChI=1S/C24H35IN4O8/c1-6-7-10-27-11-8-15(9-12-27)14-28(23(35)37-24(2,3)4)20(30)16-13-17(25)18(26-19(16)36-5)29(21(31)32)22(33)34/h13,15H,6-12,14H2,1-5H3,(H,31,32)(H,33,34). The number of anilines is 1. The van der Waals surface area contributed by atoms with E-state index in [4.69, 9.17) is 9.47 Å². The molecular weight excluding hydrogens is 599 g/mol. The van der Waals surface area contributed by atoms with E-state index in [1.165, 1.54) is 13.2 Å². The first kappa shape index (κ1) is 30.5. The van der Waals surface area contributed by atoms with E-state index < -0.39 is 35.6 Å². The fraction of sp³-hybridized carbons (Fsp3) is 0.625. The summed E-state index contributed by atoms with van der Waals surface area (Å²) in [5, 5.41) is 18.6. The number of hydrogen-bond donors (Lipinski definition) is 2. The number of piperidine rings is 1. The minimum absolute atomic E-state index is 0.0243. The number of ether oxygens (including phenoxy) is 2. The number of hydrogen-bond acceptors (Lipinski definition) is 8. The van der Waals surface area contributed by atoms with Crippen molar-refractivity contribution in [2.24, 2.45) is 5.92 Å². The molecule has 2 rings (SSSR count). The van der Waals surface area contributed by atoms with Gasteiger partial charge in [-0.3, -0.25) is 4.79 Å². The molecule has 2 heterocycles. The number of carbonyl (C=O) groups is 4. The van der Waals surface area contributed by atoms with E-state index in [0.29, 0.717) is 0 Å². The van der Waals surface area contributed by atoms with Crippen molar-refractivity contribution in [3.8, 4) is 5.88 Å². The summed E-state index contributed by atoms with van der Waals surface area (Å²) >= 11 is 1.69. The van der Waals surface area contributed by atoms with Crippen molar-refractivity contribution >= 4 is 52.6 Å². The van der Waals surface area contributed by atoms with Crippen molar-refractivity contribution in [3.63, 3.8) is 0 Å². The van der Waals surface area contributed by atoms with Gasteiger partial charge in [-0.15, -0.1) is 0 Å². The molecule has 0 unspecified atom stereocenters. The molecule has 0 bridgehead atoms. The van der Waals surface area contributed by atoms with Crippen LogP contribution in [0.3, 0.4) is 0 Å². The van der Waals surface area contributed by atoms with E-state index in [-0.39, 0.29) is 32.4 Å². The summed E-state index contributed by atoms with van der Waals surface area (Å²) in [5.74, 6) is -1.40. The number of halogens is 1. The predicted octanol–water partition coefficient (Wildman–Crippen LogP) is 4.75. The number of amides is 4. The number of unbranched alkanes of at least 4 members (excludes halogenated alkanes) is 1. The largest absolute Gasteiger partial charge is 0.480 e. The molecule has 1 aromatic rings. The number of carbonyl (C=O) groups excluding carboxylic acids is 2. The van der Waals surface area contributed by atoms with Crippen molar-refractivity contribution in [1.82, 2.24) is 14.8 Å². The third-order valence-electron chi connectivity index (χ3n) is 5.78. The Morgan fingerprint density at radius 2 is 1.76 bits per heavy atom. The van der Waals surface area contributed by atoms with E-state index in [9.17, 15) is 29.4 Å². The molecule has 1 aromatic heterocycles. The highest BCUT2D eigenvalue weighted by Crippen LogP contribution is 2.30. The Kier molecular flexibility index (Phi) is 10.9. The van der Waals surface area contributed by atoms with Crippen LogP contribution in [0.1, 0.15) is 63.7 Å². The molecule has 0 aliphatic carbocycles. The van der Waals surface area contributed by atoms with Crippen LogP contribution in [-0.2, 0) is 4.74 Å². The normalized spacial score (nSPS) is 14.6. The van der Waals surface area contributed by atoms with Crippen molar-refractivity contribution in [2.75, 3.05) is 38.2 Å². The molecule has 13 heteroatoms. The number of rotatable bonds is 8. The van der Waals surface area contributed by atoms with Crippen molar-refractivity contribution in [2.45, 2.75) is 59.0 Å². The number of imide groups is 2. The van der Waals surface area contributed by atoms with Crippen LogP contribution in [0.25, 0.3) is 0 Å². The lowest BCUT2D eigenvalue weighted by molar-refractivity contribution is 0.0192. The van der Waals surface area contributed by atoms with Crippen LogP contribution in [0.2, 0.25) is 0 Å². The van der Waals surface area contributed by atoms with Crippen LogP contribution >= 0.6 is 22.6 Å². The third-order valence-corrected chi connectivity index (χ3v) is 6.57. The van der Waals surface area contributed by atoms with Gasteiger partial charge >= 0.3 is 18.3 Å².